The van der Waals surface area contributed by atoms with Crippen LogP contribution in [-0.4, -0.2) is 25.8 Å². The Morgan fingerprint density at radius 2 is 1.62 bits per heavy atom. The molecule has 21 heavy (non-hydrogen) atoms. The van der Waals surface area contributed by atoms with Gasteiger partial charge in [0.15, 0.2) is 0 Å². The Morgan fingerprint density at radius 1 is 0.905 bits per heavy atom. The van der Waals surface area contributed by atoms with Crippen LogP contribution in [0.3, 0.4) is 0 Å². The van der Waals surface area contributed by atoms with E-state index < -0.39 is 0 Å². The van der Waals surface area contributed by atoms with Crippen LogP contribution >= 0.6 is 0 Å². The molecular formula is C19H39NO. The molecule has 1 unspecified atom stereocenters. The lowest BCUT2D eigenvalue weighted by molar-refractivity contribution is 0.0817. The van der Waals surface area contributed by atoms with Gasteiger partial charge in [-0.2, -0.15) is 0 Å². The van der Waals surface area contributed by atoms with Crippen LogP contribution in [0.15, 0.2) is 0 Å². The van der Waals surface area contributed by atoms with Gasteiger partial charge in [0.2, 0.25) is 0 Å². The standard InChI is InChI=1S/C19H39NO/c1-3-5-6-7-8-12-16-21-17-19(20-15-4-2)18-13-10-9-11-14-18/h18-20H,3-17H2,1-2H3. The van der Waals surface area contributed by atoms with Gasteiger partial charge in [-0.25, -0.2) is 0 Å². The van der Waals surface area contributed by atoms with Gasteiger partial charge in [0.1, 0.15) is 0 Å². The third-order valence-electron chi connectivity index (χ3n) is 4.82. The van der Waals surface area contributed by atoms with Crippen molar-refractivity contribution in [1.82, 2.24) is 5.32 Å². The molecule has 0 aromatic rings. The number of hydrogen-bond acceptors (Lipinski definition) is 2. The van der Waals surface area contributed by atoms with Crippen molar-refractivity contribution in [3.05, 3.63) is 0 Å². The summed E-state index contributed by atoms with van der Waals surface area (Å²) in [6.07, 6.45) is 16.4. The largest absolute Gasteiger partial charge is 0.380 e. The van der Waals surface area contributed by atoms with Crippen molar-refractivity contribution in [3.63, 3.8) is 0 Å². The Balaban J connectivity index is 2.08. The van der Waals surface area contributed by atoms with Gasteiger partial charge < -0.3 is 10.1 Å². The molecule has 1 aliphatic carbocycles. The smallest absolute Gasteiger partial charge is 0.0622 e. The fraction of sp³-hybridized carbons (Fsp3) is 1.00. The summed E-state index contributed by atoms with van der Waals surface area (Å²) in [6.45, 7) is 7.56. The molecule has 0 saturated heterocycles. The molecule has 1 atom stereocenters. The predicted molar refractivity (Wildman–Crippen MR) is 92.9 cm³/mol. The van der Waals surface area contributed by atoms with E-state index in [-0.39, 0.29) is 0 Å². The van der Waals surface area contributed by atoms with Crippen molar-refractivity contribution in [3.8, 4) is 0 Å². The van der Waals surface area contributed by atoms with E-state index >= 15 is 0 Å². The molecule has 1 fully saturated rings. The Hall–Kier alpha value is -0.0800. The van der Waals surface area contributed by atoms with Crippen LogP contribution in [0.25, 0.3) is 0 Å². The number of unbranched alkanes of at least 4 members (excludes halogenated alkanes) is 5. The topological polar surface area (TPSA) is 21.3 Å². The molecule has 0 spiro atoms. The molecule has 1 rings (SSSR count). The number of nitrogens with one attached hydrogen (secondary N) is 1. The first-order valence-electron chi connectivity index (χ1n) is 9.69. The minimum absolute atomic E-state index is 0.602. The van der Waals surface area contributed by atoms with Crippen LogP contribution in [0, 0.1) is 5.92 Å². The summed E-state index contributed by atoms with van der Waals surface area (Å²) in [4.78, 5) is 0. The molecule has 2 heteroatoms. The first-order valence-corrected chi connectivity index (χ1v) is 9.69. The molecule has 0 aliphatic heterocycles. The van der Waals surface area contributed by atoms with Gasteiger partial charge in [-0.15, -0.1) is 0 Å². The van der Waals surface area contributed by atoms with Gasteiger partial charge in [0.05, 0.1) is 6.61 Å². The summed E-state index contributed by atoms with van der Waals surface area (Å²) in [5, 5.41) is 3.73. The van der Waals surface area contributed by atoms with E-state index in [0.717, 1.165) is 25.7 Å². The highest BCUT2D eigenvalue weighted by atomic mass is 16.5. The van der Waals surface area contributed by atoms with E-state index in [4.69, 9.17) is 4.74 Å². The van der Waals surface area contributed by atoms with Gasteiger partial charge >= 0.3 is 0 Å². The van der Waals surface area contributed by atoms with Gasteiger partial charge in [0.25, 0.3) is 0 Å². The maximum absolute atomic E-state index is 5.99. The lowest BCUT2D eigenvalue weighted by Gasteiger charge is -2.31. The van der Waals surface area contributed by atoms with Crippen molar-refractivity contribution in [2.75, 3.05) is 19.8 Å². The molecule has 0 bridgehead atoms. The minimum Gasteiger partial charge on any atom is -0.380 e. The van der Waals surface area contributed by atoms with Gasteiger partial charge in [-0.3, -0.25) is 0 Å². The zero-order valence-electron chi connectivity index (χ0n) is 14.7. The number of rotatable bonds is 13. The molecule has 1 aliphatic rings. The second kappa shape index (κ2) is 13.6. The monoisotopic (exact) mass is 297 g/mol. The van der Waals surface area contributed by atoms with E-state index in [0.29, 0.717) is 6.04 Å². The lowest BCUT2D eigenvalue weighted by atomic mass is 9.84. The molecular weight excluding hydrogens is 258 g/mol. The third kappa shape index (κ3) is 9.52. The summed E-state index contributed by atoms with van der Waals surface area (Å²) in [5.74, 6) is 0.856. The highest BCUT2D eigenvalue weighted by Crippen LogP contribution is 2.26. The third-order valence-corrected chi connectivity index (χ3v) is 4.82. The van der Waals surface area contributed by atoms with E-state index in [2.05, 4.69) is 19.2 Å². The van der Waals surface area contributed by atoms with Gasteiger partial charge in [-0.05, 0) is 38.1 Å². The first kappa shape index (κ1) is 19.0. The molecule has 0 radical (unpaired) electrons. The second-order valence-corrected chi connectivity index (χ2v) is 6.80. The van der Waals surface area contributed by atoms with Crippen LogP contribution in [0.1, 0.15) is 90.9 Å². The van der Waals surface area contributed by atoms with Crippen LogP contribution in [-0.2, 0) is 4.74 Å². The van der Waals surface area contributed by atoms with Crippen LogP contribution < -0.4 is 5.32 Å². The van der Waals surface area contributed by atoms with Gasteiger partial charge in [0, 0.05) is 12.6 Å². The van der Waals surface area contributed by atoms with Crippen LogP contribution in [0.5, 0.6) is 0 Å². The maximum Gasteiger partial charge on any atom is 0.0622 e. The Labute approximate surface area is 133 Å². The number of ether oxygens (including phenoxy) is 1. The zero-order valence-corrected chi connectivity index (χ0v) is 14.7. The normalized spacial score (nSPS) is 18.0. The molecule has 0 heterocycles. The lowest BCUT2D eigenvalue weighted by Crippen LogP contribution is -2.41. The predicted octanol–water partition coefficient (Wildman–Crippen LogP) is 5.31. The van der Waals surface area contributed by atoms with Crippen molar-refractivity contribution in [2.24, 2.45) is 5.92 Å². The molecule has 0 aromatic heterocycles. The molecule has 2 nitrogen and oxygen atoms in total. The highest BCUT2D eigenvalue weighted by molar-refractivity contribution is 4.79. The van der Waals surface area contributed by atoms with Crippen molar-refractivity contribution in [1.29, 1.82) is 0 Å². The van der Waals surface area contributed by atoms with Crippen molar-refractivity contribution in [2.45, 2.75) is 96.9 Å². The Morgan fingerprint density at radius 3 is 2.33 bits per heavy atom. The quantitative estimate of drug-likeness (QED) is 0.465. The van der Waals surface area contributed by atoms with E-state index in [9.17, 15) is 0 Å². The molecule has 1 saturated carbocycles. The van der Waals surface area contributed by atoms with E-state index in [1.807, 2.05) is 0 Å². The first-order chi connectivity index (χ1) is 10.4. The summed E-state index contributed by atoms with van der Waals surface area (Å²) < 4.78 is 5.99. The fourth-order valence-electron chi connectivity index (χ4n) is 3.42. The molecule has 1 N–H and O–H groups in total. The minimum atomic E-state index is 0.602. The summed E-state index contributed by atoms with van der Waals surface area (Å²) >= 11 is 0. The Kier molecular flexibility index (Phi) is 12.3. The SMILES string of the molecule is CCCCCCCCOCC(NCCC)C1CCCCC1. The molecule has 126 valence electrons. The Bertz CT molecular complexity index is 214. The number of hydrogen-bond donors (Lipinski definition) is 1. The maximum atomic E-state index is 5.99. The summed E-state index contributed by atoms with van der Waals surface area (Å²) in [7, 11) is 0. The fourth-order valence-corrected chi connectivity index (χ4v) is 3.42. The van der Waals surface area contributed by atoms with E-state index in [1.54, 1.807) is 0 Å². The zero-order chi connectivity index (χ0) is 15.2. The van der Waals surface area contributed by atoms with Gasteiger partial charge in [-0.1, -0.05) is 65.2 Å². The summed E-state index contributed by atoms with van der Waals surface area (Å²) in [6, 6.07) is 0.602. The van der Waals surface area contributed by atoms with Crippen LogP contribution in [0.4, 0.5) is 0 Å². The molecule has 0 amide bonds. The average molecular weight is 298 g/mol. The molecule has 0 aromatic carbocycles. The van der Waals surface area contributed by atoms with Crippen molar-refractivity contribution >= 4 is 0 Å². The highest BCUT2D eigenvalue weighted by Gasteiger charge is 2.23. The van der Waals surface area contributed by atoms with Crippen molar-refractivity contribution < 1.29 is 4.74 Å². The second-order valence-electron chi connectivity index (χ2n) is 6.80. The summed E-state index contributed by atoms with van der Waals surface area (Å²) in [5.41, 5.74) is 0. The van der Waals surface area contributed by atoms with Crippen LogP contribution in [0.2, 0.25) is 0 Å². The van der Waals surface area contributed by atoms with E-state index in [1.165, 1.54) is 77.0 Å². The average Bonchev–Trinajstić information content (AvgIpc) is 2.53.